The lowest BCUT2D eigenvalue weighted by Crippen LogP contribution is -2.19. The summed E-state index contributed by atoms with van der Waals surface area (Å²) in [6, 6.07) is 0.110. The van der Waals surface area contributed by atoms with Gasteiger partial charge in [0, 0.05) is 5.75 Å². The number of rotatable bonds is 3. The first-order valence-corrected chi connectivity index (χ1v) is 3.53. The highest BCUT2D eigenvalue weighted by Gasteiger charge is 2.09. The summed E-state index contributed by atoms with van der Waals surface area (Å²) >= 11 is 4.10. The molecule has 0 aliphatic heterocycles. The van der Waals surface area contributed by atoms with Gasteiger partial charge in [-0.05, 0) is 17.5 Å². The number of hydrogen-bond acceptors (Lipinski definition) is 5. The van der Waals surface area contributed by atoms with Gasteiger partial charge < -0.3 is 5.32 Å². The molecule has 1 rings (SSSR count). The molecule has 0 unspecified atom stereocenters. The van der Waals surface area contributed by atoms with Gasteiger partial charge >= 0.3 is 0 Å². The summed E-state index contributed by atoms with van der Waals surface area (Å²) in [6.07, 6.45) is 0. The number of nitrogens with zero attached hydrogens (tertiary/aromatic N) is 3. The second-order valence-corrected chi connectivity index (χ2v) is 2.18. The summed E-state index contributed by atoms with van der Waals surface area (Å²) in [6.45, 7) is 0. The number of hydrogen-bond donors (Lipinski definition) is 3. The van der Waals surface area contributed by atoms with Crippen molar-refractivity contribution in [2.24, 2.45) is 0 Å². The van der Waals surface area contributed by atoms with Gasteiger partial charge in [0.25, 0.3) is 0 Å². The third kappa shape index (κ3) is 1.45. The van der Waals surface area contributed by atoms with E-state index in [0.29, 0.717) is 5.75 Å². The second-order valence-electron chi connectivity index (χ2n) is 1.81. The Kier molecular flexibility index (Phi) is 2.64. The number of aromatic amines is 1. The molecule has 0 saturated carbocycles. The summed E-state index contributed by atoms with van der Waals surface area (Å²) in [5.74, 6) is 1.39. The van der Waals surface area contributed by atoms with Gasteiger partial charge in [0.2, 0.25) is 0 Å². The van der Waals surface area contributed by atoms with Crippen LogP contribution in [0.4, 0.5) is 0 Å². The van der Waals surface area contributed by atoms with E-state index in [2.05, 4.69) is 38.6 Å². The van der Waals surface area contributed by atoms with Crippen LogP contribution in [-0.2, 0) is 0 Å². The first kappa shape index (κ1) is 7.49. The molecule has 0 saturated heterocycles. The molecule has 0 aromatic carbocycles. The summed E-state index contributed by atoms with van der Waals surface area (Å²) in [7, 11) is 1.84. The smallest absolute Gasteiger partial charge is 0.166 e. The molecule has 10 heavy (non-hydrogen) atoms. The maximum atomic E-state index is 4.10. The first-order chi connectivity index (χ1) is 4.88. The molecule has 1 aromatic rings. The van der Waals surface area contributed by atoms with Crippen LogP contribution < -0.4 is 5.32 Å². The fourth-order valence-electron chi connectivity index (χ4n) is 0.629. The summed E-state index contributed by atoms with van der Waals surface area (Å²) in [5.41, 5.74) is 0. The number of tetrazole rings is 1. The molecule has 56 valence electrons. The van der Waals surface area contributed by atoms with Crippen LogP contribution in [0, 0.1) is 0 Å². The van der Waals surface area contributed by atoms with Crippen LogP contribution in [0.3, 0.4) is 0 Å². The quantitative estimate of drug-likeness (QED) is 0.515. The molecule has 1 heterocycles. The second kappa shape index (κ2) is 3.52. The van der Waals surface area contributed by atoms with Gasteiger partial charge in [-0.1, -0.05) is 0 Å². The van der Waals surface area contributed by atoms with E-state index in [1.807, 2.05) is 7.05 Å². The van der Waals surface area contributed by atoms with E-state index in [0.717, 1.165) is 5.82 Å². The molecule has 1 atom stereocenters. The topological polar surface area (TPSA) is 66.5 Å². The van der Waals surface area contributed by atoms with E-state index in [-0.39, 0.29) is 6.04 Å². The molecule has 0 aliphatic rings. The number of H-pyrrole nitrogens is 1. The van der Waals surface area contributed by atoms with Crippen LogP contribution in [0.25, 0.3) is 0 Å². The third-order valence-electron chi connectivity index (χ3n) is 1.22. The SMILES string of the molecule is CN[C@@H](CS)c1nnn[nH]1. The molecule has 2 N–H and O–H groups in total. The van der Waals surface area contributed by atoms with Gasteiger partial charge in [0.05, 0.1) is 6.04 Å². The fraction of sp³-hybridized carbons (Fsp3) is 0.750. The minimum absolute atomic E-state index is 0.110. The van der Waals surface area contributed by atoms with Crippen LogP contribution in [0.1, 0.15) is 11.9 Å². The van der Waals surface area contributed by atoms with Crippen molar-refractivity contribution in [3.05, 3.63) is 5.82 Å². The molecular weight excluding hydrogens is 150 g/mol. The van der Waals surface area contributed by atoms with E-state index < -0.39 is 0 Å². The predicted molar refractivity (Wildman–Crippen MR) is 39.8 cm³/mol. The molecule has 0 radical (unpaired) electrons. The summed E-state index contributed by atoms with van der Waals surface area (Å²) in [4.78, 5) is 0. The van der Waals surface area contributed by atoms with Crippen molar-refractivity contribution < 1.29 is 0 Å². The van der Waals surface area contributed by atoms with Crippen molar-refractivity contribution >= 4 is 12.6 Å². The Balaban J connectivity index is 2.64. The van der Waals surface area contributed by atoms with Crippen molar-refractivity contribution in [1.82, 2.24) is 25.9 Å². The highest BCUT2D eigenvalue weighted by Crippen LogP contribution is 2.04. The summed E-state index contributed by atoms with van der Waals surface area (Å²) in [5, 5.41) is 16.3. The van der Waals surface area contributed by atoms with Gasteiger partial charge in [-0.15, -0.1) is 5.10 Å². The van der Waals surface area contributed by atoms with Crippen LogP contribution >= 0.6 is 12.6 Å². The Labute approximate surface area is 64.0 Å². The monoisotopic (exact) mass is 159 g/mol. The molecule has 0 spiro atoms. The Bertz CT molecular complexity index is 170. The van der Waals surface area contributed by atoms with Gasteiger partial charge in [-0.25, -0.2) is 5.10 Å². The van der Waals surface area contributed by atoms with Crippen LogP contribution in [0.5, 0.6) is 0 Å². The van der Waals surface area contributed by atoms with Crippen LogP contribution in [-0.4, -0.2) is 33.4 Å². The molecule has 0 amide bonds. The van der Waals surface area contributed by atoms with E-state index >= 15 is 0 Å². The summed E-state index contributed by atoms with van der Waals surface area (Å²) < 4.78 is 0. The van der Waals surface area contributed by atoms with E-state index in [9.17, 15) is 0 Å². The van der Waals surface area contributed by atoms with Gasteiger partial charge in [0.15, 0.2) is 5.82 Å². The molecule has 6 heteroatoms. The zero-order chi connectivity index (χ0) is 7.40. The van der Waals surface area contributed by atoms with Crippen molar-refractivity contribution in [1.29, 1.82) is 0 Å². The number of aromatic nitrogens is 4. The van der Waals surface area contributed by atoms with Gasteiger partial charge in [-0.3, -0.25) is 0 Å². The molecule has 0 bridgehead atoms. The maximum Gasteiger partial charge on any atom is 0.166 e. The molecule has 0 fully saturated rings. The zero-order valence-electron chi connectivity index (χ0n) is 5.57. The van der Waals surface area contributed by atoms with E-state index in [1.165, 1.54) is 0 Å². The molecular formula is C4H9N5S. The fourth-order valence-corrected chi connectivity index (χ4v) is 0.984. The minimum atomic E-state index is 0.110. The highest BCUT2D eigenvalue weighted by atomic mass is 32.1. The standard InChI is InChI=1S/C4H9N5S/c1-5-3(2-10)4-6-8-9-7-4/h3,5,10H,2H2,1H3,(H,6,7,8,9)/t3-/m0/s1. The Morgan fingerprint density at radius 3 is 3.00 bits per heavy atom. The van der Waals surface area contributed by atoms with Crippen LogP contribution in [0.2, 0.25) is 0 Å². The lowest BCUT2D eigenvalue weighted by Gasteiger charge is -2.06. The van der Waals surface area contributed by atoms with Crippen LogP contribution in [0.15, 0.2) is 0 Å². The third-order valence-corrected chi connectivity index (χ3v) is 1.59. The Morgan fingerprint density at radius 1 is 1.80 bits per heavy atom. The predicted octanol–water partition coefficient (Wildman–Crippen LogP) is -0.610. The zero-order valence-corrected chi connectivity index (χ0v) is 6.47. The lowest BCUT2D eigenvalue weighted by atomic mass is 10.3. The van der Waals surface area contributed by atoms with Crippen molar-refractivity contribution in [3.8, 4) is 0 Å². The maximum absolute atomic E-state index is 4.10. The van der Waals surface area contributed by atoms with E-state index in [4.69, 9.17) is 0 Å². The number of nitrogens with one attached hydrogen (secondary N) is 2. The van der Waals surface area contributed by atoms with Gasteiger partial charge in [-0.2, -0.15) is 12.6 Å². The van der Waals surface area contributed by atoms with E-state index in [1.54, 1.807) is 0 Å². The average Bonchev–Trinajstić information content (AvgIpc) is 2.43. The molecule has 1 aromatic heterocycles. The van der Waals surface area contributed by atoms with Gasteiger partial charge in [0.1, 0.15) is 0 Å². The minimum Gasteiger partial charge on any atom is -0.310 e. The van der Waals surface area contributed by atoms with Crippen molar-refractivity contribution in [3.63, 3.8) is 0 Å². The Morgan fingerprint density at radius 2 is 2.60 bits per heavy atom. The number of thiol groups is 1. The normalized spacial score (nSPS) is 13.4. The highest BCUT2D eigenvalue weighted by molar-refractivity contribution is 7.80. The largest absolute Gasteiger partial charge is 0.310 e. The Hall–Kier alpha value is -0.620. The average molecular weight is 159 g/mol. The lowest BCUT2D eigenvalue weighted by molar-refractivity contribution is 0.621. The van der Waals surface area contributed by atoms with Crippen molar-refractivity contribution in [2.45, 2.75) is 6.04 Å². The molecule has 0 aliphatic carbocycles. The first-order valence-electron chi connectivity index (χ1n) is 2.90. The molecule has 5 nitrogen and oxygen atoms in total. The van der Waals surface area contributed by atoms with Crippen molar-refractivity contribution in [2.75, 3.05) is 12.8 Å².